The molecule has 1 aliphatic carbocycles. The summed E-state index contributed by atoms with van der Waals surface area (Å²) in [6, 6.07) is 0. The van der Waals surface area contributed by atoms with Crippen molar-refractivity contribution in [3.8, 4) is 0 Å². The Morgan fingerprint density at radius 3 is 2.06 bits per heavy atom. The largest absolute Gasteiger partial charge is 0.490 e. The van der Waals surface area contributed by atoms with Crippen molar-refractivity contribution in [3.63, 3.8) is 0 Å². The lowest BCUT2D eigenvalue weighted by molar-refractivity contribution is -0.238. The van der Waals surface area contributed by atoms with Gasteiger partial charge in [-0.3, -0.25) is 4.79 Å². The fraction of sp³-hybridized carbons (Fsp3) is 0.900. The molecule has 0 spiro atoms. The lowest BCUT2D eigenvalue weighted by Gasteiger charge is -2.29. The number of carbonyl (C=O) groups is 2. The molecule has 3 aliphatic rings. The molecule has 11 heteroatoms. The van der Waals surface area contributed by atoms with Crippen LogP contribution in [0.3, 0.4) is 0 Å². The number of halogens is 3. The molecule has 0 bridgehead atoms. The fourth-order valence-corrected chi connectivity index (χ4v) is 4.67. The third-order valence-electron chi connectivity index (χ3n) is 6.20. The highest BCUT2D eigenvalue weighted by atomic mass is 19.4. The van der Waals surface area contributed by atoms with E-state index in [1.807, 2.05) is 34.6 Å². The molecule has 178 valence electrons. The maximum absolute atomic E-state index is 13.1. The summed E-state index contributed by atoms with van der Waals surface area (Å²) in [5.74, 6) is -2.97. The Bertz CT molecular complexity index is 731. The number of methoxy groups -OCH3 is 1. The summed E-state index contributed by atoms with van der Waals surface area (Å²) in [6.45, 7) is 9.91. The van der Waals surface area contributed by atoms with Gasteiger partial charge < -0.3 is 28.8 Å². The van der Waals surface area contributed by atoms with Gasteiger partial charge in [-0.1, -0.05) is 34.6 Å². The predicted octanol–water partition coefficient (Wildman–Crippen LogP) is 2.31. The van der Waals surface area contributed by atoms with E-state index < -0.39 is 60.5 Å². The van der Waals surface area contributed by atoms with Gasteiger partial charge in [-0.05, 0) is 23.7 Å². The number of rotatable bonds is 5. The van der Waals surface area contributed by atoms with Crippen molar-refractivity contribution in [1.29, 1.82) is 0 Å². The molecular weight excluding hydrogens is 425 g/mol. The van der Waals surface area contributed by atoms with Gasteiger partial charge in [-0.15, -0.1) is 0 Å². The first kappa shape index (κ1) is 24.2. The van der Waals surface area contributed by atoms with Gasteiger partial charge in [-0.25, -0.2) is 4.79 Å². The van der Waals surface area contributed by atoms with Gasteiger partial charge in [0.25, 0.3) is 0 Å². The van der Waals surface area contributed by atoms with Crippen molar-refractivity contribution in [2.24, 2.45) is 16.2 Å². The zero-order valence-electron chi connectivity index (χ0n) is 18.3. The average Bonchev–Trinajstić information content (AvgIpc) is 2.86. The van der Waals surface area contributed by atoms with Crippen molar-refractivity contribution in [3.05, 3.63) is 0 Å². The van der Waals surface area contributed by atoms with E-state index in [1.165, 1.54) is 0 Å². The van der Waals surface area contributed by atoms with E-state index in [1.54, 1.807) is 0 Å². The van der Waals surface area contributed by atoms with Crippen LogP contribution < -0.4 is 0 Å². The van der Waals surface area contributed by atoms with Crippen LogP contribution in [0.25, 0.3) is 0 Å². The van der Waals surface area contributed by atoms with Crippen LogP contribution in [-0.4, -0.2) is 67.3 Å². The summed E-state index contributed by atoms with van der Waals surface area (Å²) < 4.78 is 63.7. The lowest BCUT2D eigenvalue weighted by Crippen LogP contribution is -2.41. The molecule has 7 atom stereocenters. The second-order valence-corrected chi connectivity index (χ2v) is 10.3. The van der Waals surface area contributed by atoms with Gasteiger partial charge in [0.2, 0.25) is 0 Å². The van der Waals surface area contributed by atoms with Crippen molar-refractivity contribution in [2.75, 3.05) is 7.11 Å². The molecule has 1 N–H and O–H groups in total. The average molecular weight is 454 g/mol. The molecule has 0 amide bonds. The molecule has 0 aromatic carbocycles. The Hall–Kier alpha value is -1.43. The third kappa shape index (κ3) is 4.42. The van der Waals surface area contributed by atoms with E-state index >= 15 is 0 Å². The summed E-state index contributed by atoms with van der Waals surface area (Å²) in [7, 11) is 1.16. The zero-order chi connectivity index (χ0) is 23.6. The summed E-state index contributed by atoms with van der Waals surface area (Å²) in [5.41, 5.74) is -1.23. The SMILES string of the molecule is COC1OC2C(OC(=O)C3(CC(C)(C)C)CC3(C)C)C(O)OC2C1OC(=O)C(F)(F)F. The first-order chi connectivity index (χ1) is 14.0. The van der Waals surface area contributed by atoms with Gasteiger partial charge in [0.05, 0.1) is 5.41 Å². The standard InChI is InChI=1S/C20H29F3O8/c1-17(2,3)7-19(8-18(19,4)5)15(25)30-11-9-10(28-13(11)24)12(14(27-6)29-9)31-16(26)20(21,22)23/h9-14,24H,7-8H2,1-6H3. The van der Waals surface area contributed by atoms with E-state index in [9.17, 15) is 27.9 Å². The number of fused-ring (bicyclic) bond motifs is 1. The normalized spacial score (nSPS) is 39.2. The maximum Gasteiger partial charge on any atom is 0.490 e. The minimum absolute atomic E-state index is 0.165. The van der Waals surface area contributed by atoms with Crippen LogP contribution in [0.15, 0.2) is 0 Å². The van der Waals surface area contributed by atoms with Crippen LogP contribution in [0.4, 0.5) is 13.2 Å². The van der Waals surface area contributed by atoms with Crippen molar-refractivity contribution in [2.45, 2.75) is 90.6 Å². The minimum Gasteiger partial charge on any atom is -0.454 e. The molecule has 3 fully saturated rings. The summed E-state index contributed by atoms with van der Waals surface area (Å²) >= 11 is 0. The number of carbonyl (C=O) groups excluding carboxylic acids is 2. The number of hydrogen-bond donors (Lipinski definition) is 1. The van der Waals surface area contributed by atoms with E-state index in [0.29, 0.717) is 12.8 Å². The molecule has 2 aliphatic heterocycles. The van der Waals surface area contributed by atoms with Gasteiger partial charge in [0.15, 0.2) is 24.8 Å². The molecule has 31 heavy (non-hydrogen) atoms. The highest BCUT2D eigenvalue weighted by Crippen LogP contribution is 2.68. The van der Waals surface area contributed by atoms with E-state index in [2.05, 4.69) is 4.74 Å². The molecule has 0 aromatic heterocycles. The Labute approximate surface area is 178 Å². The highest BCUT2D eigenvalue weighted by molar-refractivity contribution is 5.82. The Balaban J connectivity index is 1.76. The molecule has 2 heterocycles. The predicted molar refractivity (Wildman–Crippen MR) is 97.3 cm³/mol. The number of hydrogen-bond acceptors (Lipinski definition) is 8. The van der Waals surface area contributed by atoms with Crippen LogP contribution in [0.2, 0.25) is 0 Å². The summed E-state index contributed by atoms with van der Waals surface area (Å²) in [4.78, 5) is 24.4. The van der Waals surface area contributed by atoms with Gasteiger partial charge >= 0.3 is 18.1 Å². The van der Waals surface area contributed by atoms with Crippen molar-refractivity contribution >= 4 is 11.9 Å². The molecule has 1 saturated carbocycles. The summed E-state index contributed by atoms with van der Waals surface area (Å²) in [6.07, 6.45) is -12.5. The maximum atomic E-state index is 13.1. The fourth-order valence-electron chi connectivity index (χ4n) is 4.67. The summed E-state index contributed by atoms with van der Waals surface area (Å²) in [5, 5.41) is 10.3. The number of ether oxygens (including phenoxy) is 5. The molecule has 2 saturated heterocycles. The van der Waals surface area contributed by atoms with Crippen LogP contribution in [-0.2, 0) is 33.3 Å². The quantitative estimate of drug-likeness (QED) is 0.632. The number of aliphatic hydroxyl groups is 1. The number of esters is 2. The van der Waals surface area contributed by atoms with E-state index in [4.69, 9.17) is 18.9 Å². The van der Waals surface area contributed by atoms with E-state index in [-0.39, 0.29) is 10.8 Å². The third-order valence-corrected chi connectivity index (χ3v) is 6.20. The first-order valence-electron chi connectivity index (χ1n) is 10.0. The van der Waals surface area contributed by atoms with Crippen molar-refractivity contribution < 1.29 is 51.6 Å². The number of aliphatic hydroxyl groups excluding tert-OH is 1. The molecule has 8 nitrogen and oxygen atoms in total. The van der Waals surface area contributed by atoms with Gasteiger partial charge in [0.1, 0.15) is 12.2 Å². The molecule has 3 rings (SSSR count). The smallest absolute Gasteiger partial charge is 0.454 e. The second kappa shape index (κ2) is 7.57. The Morgan fingerprint density at radius 2 is 1.61 bits per heavy atom. The first-order valence-corrected chi connectivity index (χ1v) is 10.0. The molecule has 7 unspecified atom stereocenters. The molecular formula is C20H29F3O8. The van der Waals surface area contributed by atoms with Gasteiger partial charge in [-0.2, -0.15) is 13.2 Å². The van der Waals surface area contributed by atoms with Crippen molar-refractivity contribution in [1.82, 2.24) is 0 Å². The molecule has 0 aromatic rings. The van der Waals surface area contributed by atoms with E-state index in [0.717, 1.165) is 7.11 Å². The zero-order valence-corrected chi connectivity index (χ0v) is 18.3. The van der Waals surface area contributed by atoms with Crippen LogP contribution in [0, 0.1) is 16.2 Å². The Morgan fingerprint density at radius 1 is 1.06 bits per heavy atom. The van der Waals surface area contributed by atoms with Crippen LogP contribution in [0.5, 0.6) is 0 Å². The highest BCUT2D eigenvalue weighted by Gasteiger charge is 2.69. The van der Waals surface area contributed by atoms with Crippen LogP contribution >= 0.6 is 0 Å². The van der Waals surface area contributed by atoms with Gasteiger partial charge in [0, 0.05) is 7.11 Å². The minimum atomic E-state index is -5.23. The lowest BCUT2D eigenvalue weighted by atomic mass is 9.79. The Kier molecular flexibility index (Phi) is 5.91. The second-order valence-electron chi connectivity index (χ2n) is 10.3. The monoisotopic (exact) mass is 454 g/mol. The van der Waals surface area contributed by atoms with Crippen LogP contribution in [0.1, 0.15) is 47.5 Å². The number of alkyl halides is 3. The molecule has 0 radical (unpaired) electrons. The topological polar surface area (TPSA) is 101 Å².